The maximum absolute atomic E-state index is 11.7. The Labute approximate surface area is 120 Å². The van der Waals surface area contributed by atoms with E-state index in [1.54, 1.807) is 18.3 Å². The molecule has 0 fully saturated rings. The molecule has 1 atom stereocenters. The van der Waals surface area contributed by atoms with E-state index >= 15 is 0 Å². The number of carbonyl (C=O) groups is 1. The number of thiazole rings is 1. The van der Waals surface area contributed by atoms with Crippen molar-refractivity contribution in [1.82, 2.24) is 4.98 Å². The summed E-state index contributed by atoms with van der Waals surface area (Å²) in [4.78, 5) is 18.6. The normalized spacial score (nSPS) is 12.4. The number of aryl methyl sites for hydroxylation is 1. The highest BCUT2D eigenvalue weighted by Gasteiger charge is 2.13. The molecule has 1 unspecified atom stereocenters. The Hall–Kier alpha value is -1.24. The predicted octanol–water partition coefficient (Wildman–Crippen LogP) is 2.97. The molecule has 2 aromatic rings. The van der Waals surface area contributed by atoms with Crippen molar-refractivity contribution in [3.8, 4) is 10.6 Å². The average molecular weight is 295 g/mol. The molecule has 0 radical (unpaired) electrons. The number of aromatic nitrogens is 1. The number of nitrogens with zero attached hydrogens (tertiary/aromatic N) is 1. The Balaban J connectivity index is 2.08. The fourth-order valence-electron chi connectivity index (χ4n) is 1.49. The van der Waals surface area contributed by atoms with Crippen LogP contribution in [0.5, 0.6) is 0 Å². The lowest BCUT2D eigenvalue weighted by molar-refractivity contribution is -0.119. The third-order valence-electron chi connectivity index (χ3n) is 2.80. The van der Waals surface area contributed by atoms with Crippen LogP contribution in [-0.4, -0.2) is 17.4 Å². The Kier molecular flexibility index (Phi) is 4.68. The molecular weight excluding hydrogens is 278 g/mol. The van der Waals surface area contributed by atoms with Gasteiger partial charge < -0.3 is 11.1 Å². The minimum atomic E-state index is -0.194. The lowest BCUT2D eigenvalue weighted by Crippen LogP contribution is -2.26. The molecule has 0 saturated heterocycles. The molecule has 0 aliphatic rings. The predicted molar refractivity (Wildman–Crippen MR) is 81.7 cm³/mol. The molecule has 19 heavy (non-hydrogen) atoms. The van der Waals surface area contributed by atoms with E-state index in [-0.39, 0.29) is 11.8 Å². The topological polar surface area (TPSA) is 68.0 Å². The van der Waals surface area contributed by atoms with Crippen molar-refractivity contribution >= 4 is 33.7 Å². The van der Waals surface area contributed by atoms with Crippen LogP contribution in [0.15, 0.2) is 17.5 Å². The third-order valence-corrected chi connectivity index (χ3v) is 4.81. The lowest BCUT2D eigenvalue weighted by Gasteiger charge is -2.06. The van der Waals surface area contributed by atoms with Gasteiger partial charge in [0.1, 0.15) is 0 Å². The molecule has 6 heteroatoms. The van der Waals surface area contributed by atoms with Gasteiger partial charge in [-0.15, -0.1) is 22.7 Å². The molecule has 0 spiro atoms. The molecule has 0 bridgehead atoms. The summed E-state index contributed by atoms with van der Waals surface area (Å²) in [6.45, 7) is 4.28. The van der Waals surface area contributed by atoms with Crippen molar-refractivity contribution in [2.75, 3.05) is 11.9 Å². The van der Waals surface area contributed by atoms with Gasteiger partial charge in [-0.05, 0) is 18.6 Å². The molecule has 0 saturated carbocycles. The van der Waals surface area contributed by atoms with Gasteiger partial charge in [-0.25, -0.2) is 4.98 Å². The first-order chi connectivity index (χ1) is 9.13. The first-order valence-electron chi connectivity index (χ1n) is 6.19. The van der Waals surface area contributed by atoms with E-state index in [4.69, 9.17) is 5.73 Å². The van der Waals surface area contributed by atoms with Gasteiger partial charge in [0.2, 0.25) is 5.91 Å². The number of nitrogens with one attached hydrogen (secondary N) is 1. The second-order valence-corrected chi connectivity index (χ2v) is 6.31. The molecule has 2 aromatic heterocycles. The van der Waals surface area contributed by atoms with Crippen LogP contribution in [-0.2, 0) is 11.2 Å². The zero-order valence-corrected chi connectivity index (χ0v) is 12.6. The summed E-state index contributed by atoms with van der Waals surface area (Å²) < 4.78 is 0. The van der Waals surface area contributed by atoms with Gasteiger partial charge in [0, 0.05) is 22.7 Å². The summed E-state index contributed by atoms with van der Waals surface area (Å²) in [5, 5.41) is 5.39. The van der Waals surface area contributed by atoms with E-state index in [9.17, 15) is 4.79 Å². The highest BCUT2D eigenvalue weighted by atomic mass is 32.1. The summed E-state index contributed by atoms with van der Waals surface area (Å²) in [6.07, 6.45) is 1.03. The van der Waals surface area contributed by atoms with Crippen LogP contribution < -0.4 is 11.1 Å². The standard InChI is InChI=1S/C13H17N3OS2/c1-3-9-4-5-11(19-9)10-7-18-13(15-10)16-12(17)8(2)6-14/h4-5,7-8H,3,6,14H2,1-2H3,(H,15,16,17). The summed E-state index contributed by atoms with van der Waals surface area (Å²) in [5.41, 5.74) is 6.39. The van der Waals surface area contributed by atoms with Crippen molar-refractivity contribution in [1.29, 1.82) is 0 Å². The van der Waals surface area contributed by atoms with Gasteiger partial charge in [-0.1, -0.05) is 13.8 Å². The monoisotopic (exact) mass is 295 g/mol. The Morgan fingerprint density at radius 3 is 2.95 bits per heavy atom. The van der Waals surface area contributed by atoms with Gasteiger partial charge in [0.15, 0.2) is 5.13 Å². The van der Waals surface area contributed by atoms with Crippen LogP contribution in [0.2, 0.25) is 0 Å². The Morgan fingerprint density at radius 1 is 1.53 bits per heavy atom. The number of amides is 1. The minimum absolute atomic E-state index is 0.0798. The van der Waals surface area contributed by atoms with Crippen LogP contribution in [0.1, 0.15) is 18.7 Å². The van der Waals surface area contributed by atoms with Gasteiger partial charge in [0.25, 0.3) is 0 Å². The Morgan fingerprint density at radius 2 is 2.32 bits per heavy atom. The smallest absolute Gasteiger partial charge is 0.230 e. The van der Waals surface area contributed by atoms with Crippen LogP contribution in [0, 0.1) is 5.92 Å². The van der Waals surface area contributed by atoms with E-state index in [1.807, 2.05) is 5.38 Å². The first kappa shape index (κ1) is 14.2. The minimum Gasteiger partial charge on any atom is -0.330 e. The van der Waals surface area contributed by atoms with Gasteiger partial charge in [-0.2, -0.15) is 0 Å². The number of thiophene rings is 1. The van der Waals surface area contributed by atoms with Crippen LogP contribution in [0.3, 0.4) is 0 Å². The SMILES string of the molecule is CCc1ccc(-c2csc(NC(=O)C(C)CN)n2)s1. The molecule has 0 aliphatic carbocycles. The number of hydrogen-bond acceptors (Lipinski definition) is 5. The Bertz CT molecular complexity index is 562. The number of carbonyl (C=O) groups excluding carboxylic acids is 1. The van der Waals surface area contributed by atoms with E-state index in [0.717, 1.165) is 17.0 Å². The summed E-state index contributed by atoms with van der Waals surface area (Å²) in [7, 11) is 0. The molecule has 3 N–H and O–H groups in total. The van der Waals surface area contributed by atoms with E-state index in [0.29, 0.717) is 11.7 Å². The quantitative estimate of drug-likeness (QED) is 0.891. The lowest BCUT2D eigenvalue weighted by atomic mass is 10.2. The van der Waals surface area contributed by atoms with Crippen LogP contribution in [0.4, 0.5) is 5.13 Å². The highest BCUT2D eigenvalue weighted by molar-refractivity contribution is 7.17. The summed E-state index contributed by atoms with van der Waals surface area (Å²) in [5.74, 6) is -0.274. The molecule has 4 nitrogen and oxygen atoms in total. The van der Waals surface area contributed by atoms with Crippen LogP contribution >= 0.6 is 22.7 Å². The zero-order chi connectivity index (χ0) is 13.8. The average Bonchev–Trinajstić information content (AvgIpc) is 3.05. The fraction of sp³-hybridized carbons (Fsp3) is 0.385. The van der Waals surface area contributed by atoms with E-state index in [2.05, 4.69) is 29.4 Å². The van der Waals surface area contributed by atoms with E-state index in [1.165, 1.54) is 16.2 Å². The largest absolute Gasteiger partial charge is 0.330 e. The molecule has 2 heterocycles. The van der Waals surface area contributed by atoms with Crippen molar-refractivity contribution < 1.29 is 4.79 Å². The van der Waals surface area contributed by atoms with Gasteiger partial charge in [-0.3, -0.25) is 4.79 Å². The number of anilines is 1. The molecule has 0 aromatic carbocycles. The second-order valence-electron chi connectivity index (χ2n) is 4.28. The highest BCUT2D eigenvalue weighted by Crippen LogP contribution is 2.31. The molecule has 2 rings (SSSR count). The van der Waals surface area contributed by atoms with Crippen molar-refractivity contribution in [3.63, 3.8) is 0 Å². The number of nitrogens with two attached hydrogens (primary N) is 1. The molecule has 0 aliphatic heterocycles. The molecule has 102 valence electrons. The number of rotatable bonds is 5. The van der Waals surface area contributed by atoms with Crippen molar-refractivity contribution in [3.05, 3.63) is 22.4 Å². The second kappa shape index (κ2) is 6.27. The van der Waals surface area contributed by atoms with Crippen molar-refractivity contribution in [2.24, 2.45) is 11.7 Å². The van der Waals surface area contributed by atoms with Gasteiger partial charge in [0.05, 0.1) is 10.6 Å². The summed E-state index contributed by atoms with van der Waals surface area (Å²) in [6, 6.07) is 4.20. The molecular formula is C13H17N3OS2. The summed E-state index contributed by atoms with van der Waals surface area (Å²) >= 11 is 3.18. The van der Waals surface area contributed by atoms with E-state index < -0.39 is 0 Å². The maximum atomic E-state index is 11.7. The maximum Gasteiger partial charge on any atom is 0.230 e. The van der Waals surface area contributed by atoms with Crippen LogP contribution in [0.25, 0.3) is 10.6 Å². The van der Waals surface area contributed by atoms with Crippen molar-refractivity contribution in [2.45, 2.75) is 20.3 Å². The zero-order valence-electron chi connectivity index (χ0n) is 11.0. The number of hydrogen-bond donors (Lipinski definition) is 2. The molecule has 1 amide bonds. The fourth-order valence-corrected chi connectivity index (χ4v) is 3.18. The van der Waals surface area contributed by atoms with Gasteiger partial charge >= 0.3 is 0 Å². The third kappa shape index (κ3) is 3.40. The first-order valence-corrected chi connectivity index (χ1v) is 7.89.